The quantitative estimate of drug-likeness (QED) is 0.826. The maximum Gasteiger partial charge on any atom is 0.0553 e. The molecule has 2 N–H and O–H groups in total. The van der Waals surface area contributed by atoms with Gasteiger partial charge >= 0.3 is 0 Å². The van der Waals surface area contributed by atoms with Crippen LogP contribution < -0.4 is 10.6 Å². The Morgan fingerprint density at radius 1 is 1.00 bits per heavy atom. The fraction of sp³-hybridized carbons (Fsp3) is 0.333. The van der Waals surface area contributed by atoms with Gasteiger partial charge in [0.1, 0.15) is 0 Å². The SMILES string of the molecule is Cc1ccc(N[C@H]2C[C@H](C)Nc3cc(C)ccc32)cc1. The van der Waals surface area contributed by atoms with Crippen molar-refractivity contribution in [3.05, 3.63) is 59.2 Å². The predicted molar refractivity (Wildman–Crippen MR) is 86.4 cm³/mol. The van der Waals surface area contributed by atoms with Crippen molar-refractivity contribution < 1.29 is 0 Å². The van der Waals surface area contributed by atoms with Gasteiger partial charge < -0.3 is 10.6 Å². The first-order valence-corrected chi connectivity index (χ1v) is 7.32. The topological polar surface area (TPSA) is 24.1 Å². The van der Waals surface area contributed by atoms with E-state index in [1.807, 2.05) is 0 Å². The number of aryl methyl sites for hydroxylation is 2. The van der Waals surface area contributed by atoms with Gasteiger partial charge in [0.15, 0.2) is 0 Å². The van der Waals surface area contributed by atoms with Gasteiger partial charge in [0.05, 0.1) is 6.04 Å². The van der Waals surface area contributed by atoms with Gasteiger partial charge in [-0.1, -0.05) is 29.8 Å². The Bertz CT molecular complexity index is 601. The molecule has 1 heterocycles. The van der Waals surface area contributed by atoms with Crippen molar-refractivity contribution in [2.75, 3.05) is 10.6 Å². The largest absolute Gasteiger partial charge is 0.382 e. The normalized spacial score (nSPS) is 20.9. The summed E-state index contributed by atoms with van der Waals surface area (Å²) < 4.78 is 0. The number of hydrogen-bond donors (Lipinski definition) is 2. The zero-order chi connectivity index (χ0) is 14.1. The van der Waals surface area contributed by atoms with Crippen LogP contribution in [0.1, 0.15) is 36.1 Å². The van der Waals surface area contributed by atoms with Crippen LogP contribution in [-0.4, -0.2) is 6.04 Å². The minimum Gasteiger partial charge on any atom is -0.382 e. The van der Waals surface area contributed by atoms with Crippen LogP contribution in [0, 0.1) is 13.8 Å². The molecule has 0 radical (unpaired) electrons. The molecular weight excluding hydrogens is 244 g/mol. The third kappa shape index (κ3) is 2.64. The van der Waals surface area contributed by atoms with Gasteiger partial charge in [0.25, 0.3) is 0 Å². The van der Waals surface area contributed by atoms with Crippen molar-refractivity contribution in [2.24, 2.45) is 0 Å². The highest BCUT2D eigenvalue weighted by Gasteiger charge is 2.23. The van der Waals surface area contributed by atoms with Gasteiger partial charge in [0, 0.05) is 17.4 Å². The smallest absolute Gasteiger partial charge is 0.0553 e. The summed E-state index contributed by atoms with van der Waals surface area (Å²) in [5.41, 5.74) is 6.44. The summed E-state index contributed by atoms with van der Waals surface area (Å²) in [6.07, 6.45) is 1.10. The molecule has 1 aliphatic rings. The summed E-state index contributed by atoms with van der Waals surface area (Å²) in [6, 6.07) is 16.2. The van der Waals surface area contributed by atoms with Crippen molar-refractivity contribution in [2.45, 2.75) is 39.3 Å². The lowest BCUT2D eigenvalue weighted by Crippen LogP contribution is -2.29. The molecule has 0 spiro atoms. The molecule has 20 heavy (non-hydrogen) atoms. The van der Waals surface area contributed by atoms with Crippen LogP contribution in [0.15, 0.2) is 42.5 Å². The van der Waals surface area contributed by atoms with Gasteiger partial charge in [0.2, 0.25) is 0 Å². The van der Waals surface area contributed by atoms with E-state index in [1.54, 1.807) is 0 Å². The van der Waals surface area contributed by atoms with Gasteiger partial charge in [-0.3, -0.25) is 0 Å². The molecule has 0 bridgehead atoms. The third-order valence-electron chi connectivity index (χ3n) is 3.97. The van der Waals surface area contributed by atoms with Gasteiger partial charge in [-0.25, -0.2) is 0 Å². The summed E-state index contributed by atoms with van der Waals surface area (Å²) in [4.78, 5) is 0. The molecule has 0 saturated carbocycles. The third-order valence-corrected chi connectivity index (χ3v) is 3.97. The van der Waals surface area contributed by atoms with Crippen molar-refractivity contribution >= 4 is 11.4 Å². The number of anilines is 2. The molecule has 0 unspecified atom stereocenters. The van der Waals surface area contributed by atoms with E-state index in [0.717, 1.165) is 6.42 Å². The number of benzene rings is 2. The maximum atomic E-state index is 3.67. The average molecular weight is 266 g/mol. The van der Waals surface area contributed by atoms with Crippen molar-refractivity contribution in [3.8, 4) is 0 Å². The molecule has 2 aromatic carbocycles. The Labute approximate surface area is 121 Å². The second kappa shape index (κ2) is 5.20. The molecule has 0 saturated heterocycles. The Balaban J connectivity index is 1.88. The van der Waals surface area contributed by atoms with Crippen LogP contribution in [0.3, 0.4) is 0 Å². The predicted octanol–water partition coefficient (Wildman–Crippen LogP) is 4.66. The van der Waals surface area contributed by atoms with Crippen molar-refractivity contribution in [1.29, 1.82) is 0 Å². The fourth-order valence-electron chi connectivity index (χ4n) is 2.89. The molecule has 0 aliphatic carbocycles. The van der Waals surface area contributed by atoms with Crippen LogP contribution in [0.2, 0.25) is 0 Å². The Kier molecular flexibility index (Phi) is 3.39. The number of fused-ring (bicyclic) bond motifs is 1. The lowest BCUT2D eigenvalue weighted by Gasteiger charge is -2.32. The van der Waals surface area contributed by atoms with Crippen LogP contribution >= 0.6 is 0 Å². The standard InChI is InChI=1S/C18H22N2/c1-12-4-7-15(8-5-12)20-18-11-14(3)19-17-10-13(2)6-9-16(17)18/h4-10,14,18-20H,11H2,1-3H3/t14-,18-/m0/s1. The van der Waals surface area contributed by atoms with Gasteiger partial charge in [-0.15, -0.1) is 0 Å². The van der Waals surface area contributed by atoms with E-state index in [9.17, 15) is 0 Å². The molecule has 0 fully saturated rings. The number of nitrogens with one attached hydrogen (secondary N) is 2. The first kappa shape index (κ1) is 13.0. The van der Waals surface area contributed by atoms with E-state index in [1.165, 1.54) is 28.1 Å². The first-order valence-electron chi connectivity index (χ1n) is 7.32. The minimum atomic E-state index is 0.379. The van der Waals surface area contributed by atoms with Crippen LogP contribution in [-0.2, 0) is 0 Å². The van der Waals surface area contributed by atoms with Crippen molar-refractivity contribution in [3.63, 3.8) is 0 Å². The van der Waals surface area contributed by atoms with Gasteiger partial charge in [-0.05, 0) is 56.5 Å². The molecular formula is C18H22N2. The van der Waals surface area contributed by atoms with Gasteiger partial charge in [-0.2, -0.15) is 0 Å². The second-order valence-corrected chi connectivity index (χ2v) is 5.93. The summed E-state index contributed by atoms with van der Waals surface area (Å²) >= 11 is 0. The van der Waals surface area contributed by atoms with Crippen LogP contribution in [0.5, 0.6) is 0 Å². The zero-order valence-corrected chi connectivity index (χ0v) is 12.4. The van der Waals surface area contributed by atoms with Crippen molar-refractivity contribution in [1.82, 2.24) is 0 Å². The number of hydrogen-bond acceptors (Lipinski definition) is 2. The van der Waals surface area contributed by atoms with E-state index in [4.69, 9.17) is 0 Å². The molecule has 0 amide bonds. The summed E-state index contributed by atoms with van der Waals surface area (Å²) in [5.74, 6) is 0. The lowest BCUT2D eigenvalue weighted by molar-refractivity contribution is 0.599. The lowest BCUT2D eigenvalue weighted by atomic mass is 9.92. The minimum absolute atomic E-state index is 0.379. The second-order valence-electron chi connectivity index (χ2n) is 5.93. The Morgan fingerprint density at radius 2 is 1.70 bits per heavy atom. The number of rotatable bonds is 2. The van der Waals surface area contributed by atoms with E-state index < -0.39 is 0 Å². The summed E-state index contributed by atoms with van der Waals surface area (Å²) in [5, 5.41) is 7.26. The van der Waals surface area contributed by atoms with E-state index >= 15 is 0 Å². The van der Waals surface area contributed by atoms with Crippen LogP contribution in [0.4, 0.5) is 11.4 Å². The highest BCUT2D eigenvalue weighted by molar-refractivity contribution is 5.60. The van der Waals surface area contributed by atoms with Crippen LogP contribution in [0.25, 0.3) is 0 Å². The van der Waals surface area contributed by atoms with E-state index in [-0.39, 0.29) is 0 Å². The monoisotopic (exact) mass is 266 g/mol. The molecule has 2 aromatic rings. The molecule has 2 nitrogen and oxygen atoms in total. The highest BCUT2D eigenvalue weighted by atomic mass is 15.0. The maximum absolute atomic E-state index is 3.67. The van der Waals surface area contributed by atoms with E-state index in [2.05, 4.69) is 73.9 Å². The summed E-state index contributed by atoms with van der Waals surface area (Å²) in [6.45, 7) is 6.51. The fourth-order valence-corrected chi connectivity index (χ4v) is 2.89. The molecule has 2 atom stereocenters. The van der Waals surface area contributed by atoms with E-state index in [0.29, 0.717) is 12.1 Å². The molecule has 2 heteroatoms. The zero-order valence-electron chi connectivity index (χ0n) is 12.4. The molecule has 3 rings (SSSR count). The first-order chi connectivity index (χ1) is 9.61. The Hall–Kier alpha value is -1.96. The molecule has 1 aliphatic heterocycles. The Morgan fingerprint density at radius 3 is 2.45 bits per heavy atom. The molecule has 104 valence electrons. The molecule has 0 aromatic heterocycles. The average Bonchev–Trinajstić information content (AvgIpc) is 2.40. The summed E-state index contributed by atoms with van der Waals surface area (Å²) in [7, 11) is 0. The highest BCUT2D eigenvalue weighted by Crippen LogP contribution is 2.35.